The molecule has 19 heavy (non-hydrogen) atoms. The van der Waals surface area contributed by atoms with Crippen molar-refractivity contribution >= 4 is 11.9 Å². The second-order valence-electron chi connectivity index (χ2n) is 5.40. The molecule has 0 radical (unpaired) electrons. The summed E-state index contributed by atoms with van der Waals surface area (Å²) in [5, 5.41) is 2.94. The number of amides is 1. The molecule has 0 aliphatic heterocycles. The number of hydrogen-bond donors (Lipinski definition) is 1. The molecule has 0 heterocycles. The Kier molecular flexibility index (Phi) is 7.53. The lowest BCUT2D eigenvalue weighted by molar-refractivity contribution is -0.144. The number of hydrogen-bond acceptors (Lipinski definition) is 3. The van der Waals surface area contributed by atoms with E-state index in [9.17, 15) is 9.59 Å². The molecule has 0 saturated heterocycles. The van der Waals surface area contributed by atoms with Crippen LogP contribution in [-0.4, -0.2) is 25.0 Å². The van der Waals surface area contributed by atoms with Gasteiger partial charge in [0.1, 0.15) is 0 Å². The Labute approximate surface area is 116 Å². The quantitative estimate of drug-likeness (QED) is 0.723. The van der Waals surface area contributed by atoms with E-state index in [4.69, 9.17) is 4.74 Å². The molecule has 1 fully saturated rings. The average Bonchev–Trinajstić information content (AvgIpc) is 2.44. The van der Waals surface area contributed by atoms with E-state index < -0.39 is 0 Å². The molecule has 0 aromatic carbocycles. The van der Waals surface area contributed by atoms with Crippen LogP contribution in [0.25, 0.3) is 0 Å². The molecule has 1 rings (SSSR count). The fourth-order valence-corrected chi connectivity index (χ4v) is 2.64. The SMILES string of the molecule is CCOC(=O)CCC(=O)NCC1CCC(CC)CC1. The second-order valence-corrected chi connectivity index (χ2v) is 5.40. The normalized spacial score (nSPS) is 22.8. The van der Waals surface area contributed by atoms with Crippen LogP contribution in [0.2, 0.25) is 0 Å². The van der Waals surface area contributed by atoms with Crippen LogP contribution < -0.4 is 5.32 Å². The molecule has 1 aliphatic carbocycles. The summed E-state index contributed by atoms with van der Waals surface area (Å²) in [5.41, 5.74) is 0. The molecule has 0 atom stereocenters. The van der Waals surface area contributed by atoms with Crippen LogP contribution in [-0.2, 0) is 14.3 Å². The van der Waals surface area contributed by atoms with Gasteiger partial charge in [0.2, 0.25) is 5.91 Å². The largest absolute Gasteiger partial charge is 0.466 e. The Morgan fingerprint density at radius 1 is 1.05 bits per heavy atom. The third kappa shape index (κ3) is 6.60. The minimum atomic E-state index is -0.291. The van der Waals surface area contributed by atoms with Crippen molar-refractivity contribution < 1.29 is 14.3 Å². The van der Waals surface area contributed by atoms with Gasteiger partial charge >= 0.3 is 5.97 Å². The summed E-state index contributed by atoms with van der Waals surface area (Å²) in [6, 6.07) is 0. The number of carbonyl (C=O) groups excluding carboxylic acids is 2. The van der Waals surface area contributed by atoms with E-state index in [1.807, 2.05) is 0 Å². The minimum absolute atomic E-state index is 0.0364. The summed E-state index contributed by atoms with van der Waals surface area (Å²) in [5.74, 6) is 1.18. The minimum Gasteiger partial charge on any atom is -0.466 e. The van der Waals surface area contributed by atoms with Crippen molar-refractivity contribution in [3.63, 3.8) is 0 Å². The number of ether oxygens (including phenoxy) is 1. The lowest BCUT2D eigenvalue weighted by Crippen LogP contribution is -2.31. The monoisotopic (exact) mass is 269 g/mol. The van der Waals surface area contributed by atoms with E-state index in [-0.39, 0.29) is 24.7 Å². The fourth-order valence-electron chi connectivity index (χ4n) is 2.64. The van der Waals surface area contributed by atoms with E-state index >= 15 is 0 Å². The highest BCUT2D eigenvalue weighted by Crippen LogP contribution is 2.30. The zero-order chi connectivity index (χ0) is 14.1. The maximum absolute atomic E-state index is 11.6. The molecule has 4 heteroatoms. The number of carbonyl (C=O) groups is 2. The first-order valence-corrected chi connectivity index (χ1v) is 7.58. The molecular formula is C15H27NO3. The Bertz CT molecular complexity index is 283. The zero-order valence-electron chi connectivity index (χ0n) is 12.2. The molecular weight excluding hydrogens is 242 g/mol. The van der Waals surface area contributed by atoms with Gasteiger partial charge in [0.25, 0.3) is 0 Å². The Balaban J connectivity index is 2.08. The Hall–Kier alpha value is -1.06. The molecule has 0 unspecified atom stereocenters. The number of esters is 1. The highest BCUT2D eigenvalue weighted by Gasteiger charge is 2.20. The van der Waals surface area contributed by atoms with Crippen molar-refractivity contribution in [2.24, 2.45) is 11.8 Å². The molecule has 4 nitrogen and oxygen atoms in total. The van der Waals surface area contributed by atoms with E-state index in [1.54, 1.807) is 6.92 Å². The maximum atomic E-state index is 11.6. The summed E-state index contributed by atoms with van der Waals surface area (Å²) in [4.78, 5) is 22.7. The van der Waals surface area contributed by atoms with Crippen molar-refractivity contribution in [1.29, 1.82) is 0 Å². The van der Waals surface area contributed by atoms with Gasteiger partial charge in [0.05, 0.1) is 13.0 Å². The average molecular weight is 269 g/mol. The molecule has 1 amide bonds. The molecule has 1 N–H and O–H groups in total. The summed E-state index contributed by atoms with van der Waals surface area (Å²) >= 11 is 0. The highest BCUT2D eigenvalue weighted by atomic mass is 16.5. The third-order valence-corrected chi connectivity index (χ3v) is 3.99. The lowest BCUT2D eigenvalue weighted by Gasteiger charge is -2.27. The van der Waals surface area contributed by atoms with Crippen LogP contribution in [0.15, 0.2) is 0 Å². The van der Waals surface area contributed by atoms with Gasteiger partial charge in [0, 0.05) is 13.0 Å². The van der Waals surface area contributed by atoms with Crippen molar-refractivity contribution in [1.82, 2.24) is 5.32 Å². The Morgan fingerprint density at radius 3 is 2.26 bits per heavy atom. The van der Waals surface area contributed by atoms with Crippen molar-refractivity contribution in [3.8, 4) is 0 Å². The molecule has 1 saturated carbocycles. The van der Waals surface area contributed by atoms with Crippen LogP contribution in [0.5, 0.6) is 0 Å². The molecule has 0 aromatic heterocycles. The van der Waals surface area contributed by atoms with Gasteiger partial charge in [-0.3, -0.25) is 9.59 Å². The molecule has 110 valence electrons. The summed E-state index contributed by atoms with van der Waals surface area (Å²) in [6.45, 7) is 5.16. The second kappa shape index (κ2) is 8.94. The summed E-state index contributed by atoms with van der Waals surface area (Å²) in [6.07, 6.45) is 6.72. The predicted molar refractivity (Wildman–Crippen MR) is 74.6 cm³/mol. The van der Waals surface area contributed by atoms with Crippen LogP contribution >= 0.6 is 0 Å². The summed E-state index contributed by atoms with van der Waals surface area (Å²) in [7, 11) is 0. The van der Waals surface area contributed by atoms with Gasteiger partial charge in [-0.05, 0) is 31.6 Å². The van der Waals surface area contributed by atoms with Crippen molar-refractivity contribution in [3.05, 3.63) is 0 Å². The maximum Gasteiger partial charge on any atom is 0.306 e. The van der Waals surface area contributed by atoms with Crippen LogP contribution in [0.3, 0.4) is 0 Å². The van der Waals surface area contributed by atoms with Gasteiger partial charge in [-0.15, -0.1) is 0 Å². The molecule has 0 bridgehead atoms. The first-order chi connectivity index (χ1) is 9.15. The third-order valence-electron chi connectivity index (χ3n) is 3.99. The fraction of sp³-hybridized carbons (Fsp3) is 0.867. The van der Waals surface area contributed by atoms with E-state index in [1.165, 1.54) is 32.1 Å². The first kappa shape index (κ1) is 16.0. The van der Waals surface area contributed by atoms with E-state index in [0.29, 0.717) is 12.5 Å². The van der Waals surface area contributed by atoms with Gasteiger partial charge in [-0.2, -0.15) is 0 Å². The van der Waals surface area contributed by atoms with E-state index in [2.05, 4.69) is 12.2 Å². The van der Waals surface area contributed by atoms with Gasteiger partial charge < -0.3 is 10.1 Å². The summed E-state index contributed by atoms with van der Waals surface area (Å²) < 4.78 is 4.79. The van der Waals surface area contributed by atoms with Gasteiger partial charge in [-0.25, -0.2) is 0 Å². The van der Waals surface area contributed by atoms with E-state index in [0.717, 1.165) is 12.5 Å². The number of rotatable bonds is 7. The standard InChI is InChI=1S/C15H27NO3/c1-3-12-5-7-13(8-6-12)11-16-14(17)9-10-15(18)19-4-2/h12-13H,3-11H2,1-2H3,(H,16,17). The van der Waals surface area contributed by atoms with Crippen molar-refractivity contribution in [2.45, 2.75) is 58.8 Å². The van der Waals surface area contributed by atoms with Crippen LogP contribution in [0.4, 0.5) is 0 Å². The molecule has 0 aromatic rings. The molecule has 0 spiro atoms. The number of nitrogens with one attached hydrogen (secondary N) is 1. The predicted octanol–water partition coefficient (Wildman–Crippen LogP) is 2.66. The van der Waals surface area contributed by atoms with Gasteiger partial charge in [-0.1, -0.05) is 26.2 Å². The topological polar surface area (TPSA) is 55.4 Å². The van der Waals surface area contributed by atoms with Crippen LogP contribution in [0, 0.1) is 11.8 Å². The van der Waals surface area contributed by atoms with Crippen molar-refractivity contribution in [2.75, 3.05) is 13.2 Å². The zero-order valence-corrected chi connectivity index (χ0v) is 12.2. The first-order valence-electron chi connectivity index (χ1n) is 7.58. The smallest absolute Gasteiger partial charge is 0.306 e. The lowest BCUT2D eigenvalue weighted by atomic mass is 9.81. The Morgan fingerprint density at radius 2 is 1.68 bits per heavy atom. The molecule has 1 aliphatic rings. The highest BCUT2D eigenvalue weighted by molar-refractivity contribution is 5.81. The van der Waals surface area contributed by atoms with Crippen LogP contribution in [0.1, 0.15) is 58.8 Å². The van der Waals surface area contributed by atoms with Gasteiger partial charge in [0.15, 0.2) is 0 Å².